The first-order valence-corrected chi connectivity index (χ1v) is 7.74. The third-order valence-electron chi connectivity index (χ3n) is 1.95. The highest BCUT2D eigenvalue weighted by Crippen LogP contribution is 2.07. The van der Waals surface area contributed by atoms with Gasteiger partial charge in [-0.25, -0.2) is 9.52 Å². The van der Waals surface area contributed by atoms with Crippen LogP contribution in [0.25, 0.3) is 0 Å². The van der Waals surface area contributed by atoms with Crippen LogP contribution in [0.4, 0.5) is 4.79 Å². The summed E-state index contributed by atoms with van der Waals surface area (Å²) in [5.41, 5.74) is 0. The van der Waals surface area contributed by atoms with Crippen LogP contribution in [0.15, 0.2) is 0 Å². The van der Waals surface area contributed by atoms with E-state index in [0.29, 0.717) is 12.3 Å². The van der Waals surface area contributed by atoms with Crippen molar-refractivity contribution in [3.63, 3.8) is 0 Å². The lowest BCUT2D eigenvalue weighted by Gasteiger charge is -2.25. The molecular weight excluding hydrogens is 280 g/mol. The summed E-state index contributed by atoms with van der Waals surface area (Å²) in [6.45, 7) is 6.98. The fraction of sp³-hybridized carbons (Fsp3) is 0.900. The number of nitrogens with zero attached hydrogens (tertiary/aromatic N) is 1. The second kappa shape index (κ2) is 7.81. The molecule has 1 amide bonds. The minimum Gasteiger partial charge on any atom is -0.446 e. The number of amides is 1. The molecule has 0 unspecified atom stereocenters. The molecule has 0 atom stereocenters. The number of carbonyl (C=O) groups is 1. The van der Waals surface area contributed by atoms with Crippen molar-refractivity contribution in [1.29, 1.82) is 0 Å². The molecule has 1 N–H and O–H groups in total. The maximum absolute atomic E-state index is 11.9. The van der Waals surface area contributed by atoms with Crippen molar-refractivity contribution in [3.8, 4) is 0 Å². The third-order valence-corrected chi connectivity index (χ3v) is 3.87. The monoisotopic (exact) mass is 300 g/mol. The number of carbonyl (C=O) groups excluding carboxylic acids is 1. The molecule has 0 saturated heterocycles. The first-order chi connectivity index (χ1) is 8.20. The van der Waals surface area contributed by atoms with E-state index in [9.17, 15) is 13.2 Å². The first-order valence-electron chi connectivity index (χ1n) is 5.77. The van der Waals surface area contributed by atoms with E-state index >= 15 is 0 Å². The molecule has 18 heavy (non-hydrogen) atoms. The standard InChI is InChI=1S/C10H21ClN2O4S/c1-8(2)13(7-5-6-11)18(15,16)12-10(14)17-9(3)4/h8-9H,5-7H2,1-4H3,(H,12,14). The number of hydrogen-bond donors (Lipinski definition) is 1. The van der Waals surface area contributed by atoms with Gasteiger partial charge in [-0.15, -0.1) is 11.6 Å². The Hall–Kier alpha value is -0.530. The molecule has 0 aliphatic carbocycles. The quantitative estimate of drug-likeness (QED) is 0.726. The topological polar surface area (TPSA) is 75.7 Å². The van der Waals surface area contributed by atoms with E-state index in [4.69, 9.17) is 16.3 Å². The van der Waals surface area contributed by atoms with Crippen LogP contribution in [-0.4, -0.2) is 43.4 Å². The Kier molecular flexibility index (Phi) is 7.58. The summed E-state index contributed by atoms with van der Waals surface area (Å²) in [4.78, 5) is 11.3. The van der Waals surface area contributed by atoms with Crippen molar-refractivity contribution in [2.24, 2.45) is 0 Å². The van der Waals surface area contributed by atoms with Crippen molar-refractivity contribution in [2.75, 3.05) is 12.4 Å². The van der Waals surface area contributed by atoms with E-state index < -0.39 is 16.3 Å². The molecule has 0 bridgehead atoms. The molecule has 6 nitrogen and oxygen atoms in total. The van der Waals surface area contributed by atoms with E-state index in [1.54, 1.807) is 27.7 Å². The Morgan fingerprint density at radius 2 is 1.89 bits per heavy atom. The van der Waals surface area contributed by atoms with Gasteiger partial charge >= 0.3 is 16.3 Å². The van der Waals surface area contributed by atoms with Crippen LogP contribution in [-0.2, 0) is 14.9 Å². The summed E-state index contributed by atoms with van der Waals surface area (Å²) >= 11 is 5.54. The van der Waals surface area contributed by atoms with Crippen LogP contribution in [0.2, 0.25) is 0 Å². The molecule has 0 heterocycles. The zero-order chi connectivity index (χ0) is 14.3. The molecule has 108 valence electrons. The number of hydrogen-bond acceptors (Lipinski definition) is 4. The van der Waals surface area contributed by atoms with Gasteiger partial charge in [0.05, 0.1) is 6.10 Å². The smallest absolute Gasteiger partial charge is 0.422 e. The Bertz CT molecular complexity index is 357. The van der Waals surface area contributed by atoms with Crippen molar-refractivity contribution in [3.05, 3.63) is 0 Å². The Labute approximate surface area is 114 Å². The highest BCUT2D eigenvalue weighted by Gasteiger charge is 2.27. The number of rotatable bonds is 7. The number of alkyl halides is 1. The van der Waals surface area contributed by atoms with E-state index in [1.807, 2.05) is 4.72 Å². The van der Waals surface area contributed by atoms with Gasteiger partial charge in [-0.3, -0.25) is 0 Å². The van der Waals surface area contributed by atoms with E-state index in [1.165, 1.54) is 4.31 Å². The van der Waals surface area contributed by atoms with Crippen molar-refractivity contribution >= 4 is 27.9 Å². The number of ether oxygens (including phenoxy) is 1. The Morgan fingerprint density at radius 3 is 2.28 bits per heavy atom. The molecule has 0 rings (SSSR count). The van der Waals surface area contributed by atoms with Gasteiger partial charge < -0.3 is 4.74 Å². The average Bonchev–Trinajstić information content (AvgIpc) is 2.14. The largest absolute Gasteiger partial charge is 0.446 e. The minimum atomic E-state index is -3.89. The van der Waals surface area contributed by atoms with Gasteiger partial charge in [0.15, 0.2) is 0 Å². The van der Waals surface area contributed by atoms with Gasteiger partial charge in [0.1, 0.15) is 0 Å². The summed E-state index contributed by atoms with van der Waals surface area (Å²) in [7, 11) is -3.89. The van der Waals surface area contributed by atoms with Crippen LogP contribution in [0.3, 0.4) is 0 Å². The predicted molar refractivity (Wildman–Crippen MR) is 70.9 cm³/mol. The molecule has 0 spiro atoms. The maximum atomic E-state index is 11.9. The van der Waals surface area contributed by atoms with Gasteiger partial charge in [0, 0.05) is 18.5 Å². The van der Waals surface area contributed by atoms with E-state index in [-0.39, 0.29) is 18.7 Å². The van der Waals surface area contributed by atoms with Gasteiger partial charge in [-0.05, 0) is 34.1 Å². The number of nitrogens with one attached hydrogen (secondary N) is 1. The normalized spacial score (nSPS) is 12.2. The first kappa shape index (κ1) is 17.5. The average molecular weight is 301 g/mol. The highest BCUT2D eigenvalue weighted by molar-refractivity contribution is 7.87. The van der Waals surface area contributed by atoms with Crippen LogP contribution in [0.5, 0.6) is 0 Å². The number of halogens is 1. The molecule has 8 heteroatoms. The van der Waals surface area contributed by atoms with E-state index in [0.717, 1.165) is 0 Å². The summed E-state index contributed by atoms with van der Waals surface area (Å²) in [5, 5.41) is 0. The molecule has 0 saturated carbocycles. The predicted octanol–water partition coefficient (Wildman–Crippen LogP) is 1.71. The Balaban J connectivity index is 4.69. The second-order valence-corrected chi connectivity index (χ2v) is 6.31. The molecule has 0 aromatic rings. The lowest BCUT2D eigenvalue weighted by molar-refractivity contribution is 0.121. The van der Waals surface area contributed by atoms with Crippen molar-refractivity contribution < 1.29 is 17.9 Å². The van der Waals surface area contributed by atoms with Gasteiger partial charge in [-0.1, -0.05) is 0 Å². The Morgan fingerprint density at radius 1 is 1.33 bits per heavy atom. The summed E-state index contributed by atoms with van der Waals surface area (Å²) in [5.74, 6) is 0.356. The highest BCUT2D eigenvalue weighted by atomic mass is 35.5. The van der Waals surface area contributed by atoms with Crippen LogP contribution >= 0.6 is 11.6 Å². The SMILES string of the molecule is CC(C)OC(=O)NS(=O)(=O)N(CCCCl)C(C)C. The lowest BCUT2D eigenvalue weighted by atomic mass is 10.4. The molecule has 0 aromatic carbocycles. The summed E-state index contributed by atoms with van der Waals surface area (Å²) in [6, 6.07) is -0.266. The van der Waals surface area contributed by atoms with E-state index in [2.05, 4.69) is 0 Å². The fourth-order valence-electron chi connectivity index (χ4n) is 1.27. The zero-order valence-corrected chi connectivity index (χ0v) is 12.7. The molecule has 0 aliphatic rings. The third kappa shape index (κ3) is 6.42. The van der Waals surface area contributed by atoms with Gasteiger partial charge in [0.25, 0.3) is 0 Å². The summed E-state index contributed by atoms with van der Waals surface area (Å²) < 4.78 is 31.7. The molecule has 0 aliphatic heterocycles. The van der Waals surface area contributed by atoms with Gasteiger partial charge in [0.2, 0.25) is 0 Å². The lowest BCUT2D eigenvalue weighted by Crippen LogP contribution is -2.47. The maximum Gasteiger partial charge on any atom is 0.422 e. The minimum absolute atomic E-state index is 0.255. The van der Waals surface area contributed by atoms with Crippen LogP contribution in [0.1, 0.15) is 34.1 Å². The zero-order valence-electron chi connectivity index (χ0n) is 11.1. The molecule has 0 radical (unpaired) electrons. The molecule has 0 fully saturated rings. The van der Waals surface area contributed by atoms with Crippen molar-refractivity contribution in [2.45, 2.75) is 46.3 Å². The van der Waals surface area contributed by atoms with Crippen molar-refractivity contribution in [1.82, 2.24) is 9.03 Å². The second-order valence-electron chi connectivity index (χ2n) is 4.31. The van der Waals surface area contributed by atoms with Gasteiger partial charge in [-0.2, -0.15) is 12.7 Å². The van der Waals surface area contributed by atoms with Crippen LogP contribution < -0.4 is 4.72 Å². The molecule has 0 aromatic heterocycles. The molecular formula is C10H21ClN2O4S. The van der Waals surface area contributed by atoms with Crippen LogP contribution in [0, 0.1) is 0 Å². The summed E-state index contributed by atoms with van der Waals surface area (Å²) in [6.07, 6.45) is -0.836. The fourth-order valence-corrected chi connectivity index (χ4v) is 2.69.